The Kier molecular flexibility index (Phi) is 15.7. The van der Waals surface area contributed by atoms with Gasteiger partial charge in [0.1, 0.15) is 12.6 Å². The van der Waals surface area contributed by atoms with Gasteiger partial charge in [0.05, 0.1) is 19.8 Å². The van der Waals surface area contributed by atoms with E-state index in [-0.39, 0.29) is 12.5 Å². The number of ether oxygens (including phenoxy) is 2. The summed E-state index contributed by atoms with van der Waals surface area (Å²) in [6.07, 6.45) is 2.87. The van der Waals surface area contributed by atoms with Crippen LogP contribution in [-0.2, 0) is 30.3 Å². The molecule has 180 valence electrons. The molecule has 0 bridgehead atoms. The Labute approximate surface area is 203 Å². The second-order valence-electron chi connectivity index (χ2n) is 7.26. The van der Waals surface area contributed by atoms with Gasteiger partial charge < -0.3 is 31.2 Å². The monoisotopic (exact) mass is 562 g/mol. The van der Waals surface area contributed by atoms with E-state index in [0.717, 1.165) is 12.1 Å². The number of carbonyl (C=O) groups excluding carboxylic acids is 3. The highest BCUT2D eigenvalue weighted by molar-refractivity contribution is 14.1. The van der Waals surface area contributed by atoms with Crippen LogP contribution in [0.2, 0.25) is 0 Å². The van der Waals surface area contributed by atoms with E-state index in [9.17, 15) is 14.4 Å². The van der Waals surface area contributed by atoms with Crippen molar-refractivity contribution in [2.24, 2.45) is 5.73 Å². The van der Waals surface area contributed by atoms with Gasteiger partial charge in [0.25, 0.3) is 0 Å². The molecule has 9 nitrogen and oxygen atoms in total. The van der Waals surface area contributed by atoms with E-state index in [1.54, 1.807) is 0 Å². The van der Waals surface area contributed by atoms with Crippen LogP contribution in [0.5, 0.6) is 0 Å². The third kappa shape index (κ3) is 14.3. The molecule has 32 heavy (non-hydrogen) atoms. The lowest BCUT2D eigenvalue weighted by Crippen LogP contribution is -2.45. The molecule has 0 saturated heterocycles. The minimum Gasteiger partial charge on any atom is -0.378 e. The average molecular weight is 562 g/mol. The van der Waals surface area contributed by atoms with Crippen LogP contribution in [0.15, 0.2) is 24.3 Å². The number of unbranched alkanes of at least 4 members (excludes halogenated alkanes) is 1. The number of nitrogens with one attached hydrogen (secondary N) is 3. The maximum Gasteiger partial charge on any atom is 0.246 e. The SMILES string of the molecule is CNCCOCCOCC(=O)N[C@@H](CCCCNC(=O)CCc1ccc(I)cc1)C(N)=O. The van der Waals surface area contributed by atoms with Crippen molar-refractivity contribution < 1.29 is 23.9 Å². The highest BCUT2D eigenvalue weighted by Crippen LogP contribution is 2.08. The molecular formula is C22H35IN4O5. The van der Waals surface area contributed by atoms with E-state index in [4.69, 9.17) is 15.2 Å². The first kappa shape index (κ1) is 28.3. The molecule has 0 unspecified atom stereocenters. The quantitative estimate of drug-likeness (QED) is 0.154. The molecule has 1 aromatic rings. The second-order valence-corrected chi connectivity index (χ2v) is 8.51. The normalized spacial score (nSPS) is 11.7. The van der Waals surface area contributed by atoms with Crippen molar-refractivity contribution in [1.29, 1.82) is 0 Å². The first-order valence-corrected chi connectivity index (χ1v) is 11.9. The minimum absolute atomic E-state index is 0.00427. The van der Waals surface area contributed by atoms with Crippen molar-refractivity contribution in [3.63, 3.8) is 0 Å². The van der Waals surface area contributed by atoms with E-state index in [0.29, 0.717) is 58.5 Å². The summed E-state index contributed by atoms with van der Waals surface area (Å²) < 4.78 is 11.7. The van der Waals surface area contributed by atoms with E-state index in [1.165, 1.54) is 3.57 Å². The van der Waals surface area contributed by atoms with Crippen molar-refractivity contribution in [2.75, 3.05) is 46.6 Å². The van der Waals surface area contributed by atoms with E-state index < -0.39 is 17.9 Å². The van der Waals surface area contributed by atoms with Gasteiger partial charge in [-0.25, -0.2) is 0 Å². The van der Waals surface area contributed by atoms with Gasteiger partial charge in [-0.1, -0.05) is 12.1 Å². The zero-order valence-electron chi connectivity index (χ0n) is 18.7. The average Bonchev–Trinajstić information content (AvgIpc) is 2.77. The Morgan fingerprint density at radius 3 is 2.41 bits per heavy atom. The lowest BCUT2D eigenvalue weighted by molar-refractivity contribution is -0.130. The number of aryl methyl sites for hydroxylation is 1. The molecule has 0 aliphatic carbocycles. The van der Waals surface area contributed by atoms with E-state index >= 15 is 0 Å². The number of hydrogen-bond donors (Lipinski definition) is 4. The van der Waals surface area contributed by atoms with Crippen molar-refractivity contribution in [2.45, 2.75) is 38.1 Å². The summed E-state index contributed by atoms with van der Waals surface area (Å²) in [4.78, 5) is 35.5. The third-order valence-electron chi connectivity index (χ3n) is 4.58. The van der Waals surface area contributed by atoms with Crippen molar-refractivity contribution in [3.8, 4) is 0 Å². The van der Waals surface area contributed by atoms with Crippen LogP contribution in [-0.4, -0.2) is 70.3 Å². The second kappa shape index (κ2) is 17.8. The Hall–Kier alpha value is -1.76. The molecule has 0 aromatic heterocycles. The fourth-order valence-corrected chi connectivity index (χ4v) is 3.14. The third-order valence-corrected chi connectivity index (χ3v) is 5.30. The maximum absolute atomic E-state index is 12.0. The zero-order valence-corrected chi connectivity index (χ0v) is 20.8. The highest BCUT2D eigenvalue weighted by Gasteiger charge is 2.17. The molecule has 3 amide bonds. The summed E-state index contributed by atoms with van der Waals surface area (Å²) in [7, 11) is 1.84. The van der Waals surface area contributed by atoms with Crippen molar-refractivity contribution in [1.82, 2.24) is 16.0 Å². The predicted octanol–water partition coefficient (Wildman–Crippen LogP) is 0.733. The van der Waals surface area contributed by atoms with Crippen molar-refractivity contribution in [3.05, 3.63) is 33.4 Å². The molecule has 1 rings (SSSR count). The fraction of sp³-hybridized carbons (Fsp3) is 0.591. The maximum atomic E-state index is 12.0. The number of nitrogens with two attached hydrogens (primary N) is 1. The smallest absolute Gasteiger partial charge is 0.246 e. The molecule has 10 heteroatoms. The molecule has 0 spiro atoms. The standard InChI is InChI=1S/C22H35IN4O5/c1-25-12-13-31-14-15-32-16-21(29)27-19(22(24)30)4-2-3-11-26-20(28)10-7-17-5-8-18(23)9-6-17/h5-6,8-9,19,25H,2-4,7,10-16H2,1H3,(H2,24,30)(H,26,28)(H,27,29)/t19-/m0/s1. The molecule has 5 N–H and O–H groups in total. The van der Waals surface area contributed by atoms with Crippen molar-refractivity contribution >= 4 is 40.3 Å². The number of likely N-dealkylation sites (N-methyl/N-ethyl adjacent to an activating group) is 1. The summed E-state index contributed by atoms with van der Waals surface area (Å²) >= 11 is 2.25. The van der Waals surface area contributed by atoms with Gasteiger partial charge in [0.15, 0.2) is 0 Å². The van der Waals surface area contributed by atoms with Gasteiger partial charge in [-0.3, -0.25) is 14.4 Å². The molecule has 0 aliphatic rings. The Balaban J connectivity index is 2.12. The number of amides is 3. The summed E-state index contributed by atoms with van der Waals surface area (Å²) in [5.41, 5.74) is 6.51. The molecule has 0 fully saturated rings. The van der Waals surface area contributed by atoms with Gasteiger partial charge in [-0.2, -0.15) is 0 Å². The molecule has 1 aromatic carbocycles. The van der Waals surface area contributed by atoms with Gasteiger partial charge >= 0.3 is 0 Å². The predicted molar refractivity (Wildman–Crippen MR) is 131 cm³/mol. The van der Waals surface area contributed by atoms with Crippen LogP contribution in [0.1, 0.15) is 31.2 Å². The van der Waals surface area contributed by atoms with Crippen LogP contribution >= 0.6 is 22.6 Å². The van der Waals surface area contributed by atoms with Gasteiger partial charge in [0.2, 0.25) is 17.7 Å². The number of primary amides is 1. The van der Waals surface area contributed by atoms with Crippen LogP contribution < -0.4 is 21.7 Å². The van der Waals surface area contributed by atoms with Gasteiger partial charge in [0, 0.05) is 23.1 Å². The van der Waals surface area contributed by atoms with E-state index in [2.05, 4.69) is 38.5 Å². The Morgan fingerprint density at radius 1 is 1.00 bits per heavy atom. The summed E-state index contributed by atoms with van der Waals surface area (Å²) in [5.74, 6) is -0.987. The zero-order chi connectivity index (χ0) is 23.6. The van der Waals surface area contributed by atoms with Crippen LogP contribution in [0.3, 0.4) is 0 Å². The Bertz CT molecular complexity index is 687. The van der Waals surface area contributed by atoms with Gasteiger partial charge in [-0.15, -0.1) is 0 Å². The molecule has 0 aliphatic heterocycles. The van der Waals surface area contributed by atoms with Crippen LogP contribution in [0.4, 0.5) is 0 Å². The minimum atomic E-state index is -0.755. The summed E-state index contributed by atoms with van der Waals surface area (Å²) in [6.45, 7) is 2.37. The fourth-order valence-electron chi connectivity index (χ4n) is 2.78. The molecule has 0 saturated carbocycles. The van der Waals surface area contributed by atoms with Gasteiger partial charge in [-0.05, 0) is 73.0 Å². The number of rotatable bonds is 18. The summed E-state index contributed by atoms with van der Waals surface area (Å²) in [6, 6.07) is 7.34. The number of carbonyl (C=O) groups is 3. The molecular weight excluding hydrogens is 527 g/mol. The molecule has 1 atom stereocenters. The van der Waals surface area contributed by atoms with Crippen LogP contribution in [0, 0.1) is 3.57 Å². The first-order chi connectivity index (χ1) is 15.4. The molecule has 0 radical (unpaired) electrons. The highest BCUT2D eigenvalue weighted by atomic mass is 127. The lowest BCUT2D eigenvalue weighted by atomic mass is 10.1. The molecule has 0 heterocycles. The lowest BCUT2D eigenvalue weighted by Gasteiger charge is -2.15. The first-order valence-electron chi connectivity index (χ1n) is 10.8. The number of hydrogen-bond acceptors (Lipinski definition) is 6. The number of benzene rings is 1. The largest absolute Gasteiger partial charge is 0.378 e. The van der Waals surface area contributed by atoms with E-state index in [1.807, 2.05) is 31.3 Å². The topological polar surface area (TPSA) is 132 Å². The van der Waals surface area contributed by atoms with Crippen LogP contribution in [0.25, 0.3) is 0 Å². The number of halogens is 1. The summed E-state index contributed by atoms with van der Waals surface area (Å²) in [5, 5.41) is 8.43. The Morgan fingerprint density at radius 2 is 1.72 bits per heavy atom.